The Morgan fingerprint density at radius 3 is 2.58 bits per heavy atom. The third-order valence-electron chi connectivity index (χ3n) is 7.22. The number of nitrogens with zero attached hydrogens (tertiary/aromatic N) is 4. The fourth-order valence-electron chi connectivity index (χ4n) is 5.05. The molecule has 0 aliphatic carbocycles. The monoisotopic (exact) mass is 595 g/mol. The standard InChI is InChI=1S/C33H33N5O4S/c1-3-42-30-16-14-28(15-17-30)35-33(39)26(21-34)19-27-23-38(29-11-5-4-6-12-29)36-32(27)25-10-7-13-31(20-25)43(40,41)37-18-8-9-24(2)22-37/h4-7,10-17,19-20,23-24H,3,8-9,18,22H2,1-2H3,(H,35,39)/b26-19-. The number of para-hydroxylation sites is 1. The maximum atomic E-state index is 13.6. The summed E-state index contributed by atoms with van der Waals surface area (Å²) in [5.74, 6) is 0.386. The number of nitrogens with one attached hydrogen (secondary N) is 1. The Morgan fingerprint density at radius 1 is 1.12 bits per heavy atom. The molecule has 0 spiro atoms. The second-order valence-electron chi connectivity index (χ2n) is 10.4. The van der Waals surface area contributed by atoms with Crippen LogP contribution in [0.15, 0.2) is 95.5 Å². The molecule has 4 aromatic rings. The van der Waals surface area contributed by atoms with Gasteiger partial charge >= 0.3 is 0 Å². The van der Waals surface area contributed by atoms with Gasteiger partial charge in [0.1, 0.15) is 23.1 Å². The minimum absolute atomic E-state index is 0.131. The fourth-order valence-corrected chi connectivity index (χ4v) is 6.70. The molecule has 0 radical (unpaired) electrons. The van der Waals surface area contributed by atoms with E-state index in [1.165, 1.54) is 6.08 Å². The number of benzene rings is 3. The number of carbonyl (C=O) groups is 1. The molecule has 1 amide bonds. The van der Waals surface area contributed by atoms with Crippen molar-refractivity contribution in [2.45, 2.75) is 31.6 Å². The second kappa shape index (κ2) is 13.1. The molecule has 9 nitrogen and oxygen atoms in total. The molecular weight excluding hydrogens is 562 g/mol. The normalized spacial score (nSPS) is 15.9. The average molecular weight is 596 g/mol. The fraction of sp³-hybridized carbons (Fsp3) is 0.242. The van der Waals surface area contributed by atoms with Crippen molar-refractivity contribution in [3.63, 3.8) is 0 Å². The zero-order chi connectivity index (χ0) is 30.4. The van der Waals surface area contributed by atoms with Gasteiger partial charge in [-0.15, -0.1) is 0 Å². The number of piperidine rings is 1. The van der Waals surface area contributed by atoms with Crippen molar-refractivity contribution in [1.82, 2.24) is 14.1 Å². The molecule has 220 valence electrons. The third kappa shape index (κ3) is 6.85. The Bertz CT molecular complexity index is 1770. The lowest BCUT2D eigenvalue weighted by molar-refractivity contribution is -0.112. The number of sulfonamides is 1. The lowest BCUT2D eigenvalue weighted by atomic mass is 10.0. The first-order valence-corrected chi connectivity index (χ1v) is 15.6. The molecule has 1 N–H and O–H groups in total. The molecule has 0 bridgehead atoms. The zero-order valence-corrected chi connectivity index (χ0v) is 24.9. The largest absolute Gasteiger partial charge is 0.494 e. The lowest BCUT2D eigenvalue weighted by Gasteiger charge is -2.30. The van der Waals surface area contributed by atoms with Crippen LogP contribution in [-0.2, 0) is 14.8 Å². The van der Waals surface area contributed by atoms with Gasteiger partial charge in [0.15, 0.2) is 0 Å². The average Bonchev–Trinajstić information content (AvgIpc) is 3.45. The number of hydrogen-bond acceptors (Lipinski definition) is 6. The Hall–Kier alpha value is -4.72. The van der Waals surface area contributed by atoms with Crippen molar-refractivity contribution in [3.8, 4) is 28.8 Å². The Kier molecular flexibility index (Phi) is 9.04. The van der Waals surface area contributed by atoms with Gasteiger partial charge in [-0.1, -0.05) is 37.3 Å². The molecule has 10 heteroatoms. The van der Waals surface area contributed by atoms with Crippen LogP contribution in [0.25, 0.3) is 23.0 Å². The smallest absolute Gasteiger partial charge is 0.266 e. The predicted molar refractivity (Wildman–Crippen MR) is 166 cm³/mol. The molecule has 1 aliphatic rings. The van der Waals surface area contributed by atoms with E-state index in [0.717, 1.165) is 18.5 Å². The highest BCUT2D eigenvalue weighted by molar-refractivity contribution is 7.89. The lowest BCUT2D eigenvalue weighted by Crippen LogP contribution is -2.39. The Morgan fingerprint density at radius 2 is 1.88 bits per heavy atom. The van der Waals surface area contributed by atoms with E-state index >= 15 is 0 Å². The molecule has 5 rings (SSSR count). The summed E-state index contributed by atoms with van der Waals surface area (Å²) in [6, 6.07) is 25.0. The minimum atomic E-state index is -3.71. The highest BCUT2D eigenvalue weighted by atomic mass is 32.2. The number of carbonyl (C=O) groups excluding carboxylic acids is 1. The van der Waals surface area contributed by atoms with Gasteiger partial charge in [0.2, 0.25) is 10.0 Å². The quantitative estimate of drug-likeness (QED) is 0.190. The molecule has 2 heterocycles. The zero-order valence-electron chi connectivity index (χ0n) is 24.1. The molecular formula is C33H33N5O4S. The van der Waals surface area contributed by atoms with Crippen LogP contribution in [0.1, 0.15) is 32.3 Å². The topological polar surface area (TPSA) is 117 Å². The van der Waals surface area contributed by atoms with Gasteiger partial charge in [-0.2, -0.15) is 14.7 Å². The van der Waals surface area contributed by atoms with Crippen molar-refractivity contribution < 1.29 is 17.9 Å². The van der Waals surface area contributed by atoms with E-state index in [1.54, 1.807) is 63.7 Å². The van der Waals surface area contributed by atoms with Gasteiger partial charge in [-0.05, 0) is 80.3 Å². The van der Waals surface area contributed by atoms with Crippen LogP contribution < -0.4 is 10.1 Å². The van der Waals surface area contributed by atoms with Gasteiger partial charge < -0.3 is 10.1 Å². The molecule has 1 atom stereocenters. The van der Waals surface area contributed by atoms with Gasteiger partial charge in [0.25, 0.3) is 5.91 Å². The highest BCUT2D eigenvalue weighted by Gasteiger charge is 2.29. The summed E-state index contributed by atoms with van der Waals surface area (Å²) >= 11 is 0. The first-order valence-electron chi connectivity index (χ1n) is 14.2. The van der Waals surface area contributed by atoms with E-state index in [1.807, 2.05) is 43.3 Å². The Balaban J connectivity index is 1.52. The summed E-state index contributed by atoms with van der Waals surface area (Å²) in [5.41, 5.74) is 2.63. The first-order chi connectivity index (χ1) is 20.8. The molecule has 3 aromatic carbocycles. The Labute approximate surface area is 252 Å². The number of ether oxygens (including phenoxy) is 1. The molecule has 1 aliphatic heterocycles. The number of hydrogen-bond donors (Lipinski definition) is 1. The minimum Gasteiger partial charge on any atom is -0.494 e. The van der Waals surface area contributed by atoms with E-state index in [9.17, 15) is 18.5 Å². The third-order valence-corrected chi connectivity index (χ3v) is 9.08. The van der Waals surface area contributed by atoms with E-state index < -0.39 is 15.9 Å². The van der Waals surface area contributed by atoms with Crippen molar-refractivity contribution in [3.05, 3.63) is 96.2 Å². The summed E-state index contributed by atoms with van der Waals surface area (Å²) in [7, 11) is -3.71. The summed E-state index contributed by atoms with van der Waals surface area (Å²) in [6.07, 6.45) is 5.02. The number of rotatable bonds is 9. The number of anilines is 1. The van der Waals surface area contributed by atoms with Crippen LogP contribution >= 0.6 is 0 Å². The van der Waals surface area contributed by atoms with Crippen molar-refractivity contribution in [2.75, 3.05) is 25.0 Å². The van der Waals surface area contributed by atoms with E-state index in [4.69, 9.17) is 9.84 Å². The summed E-state index contributed by atoms with van der Waals surface area (Å²) < 4.78 is 35.8. The number of amides is 1. The van der Waals surface area contributed by atoms with Crippen LogP contribution in [0.2, 0.25) is 0 Å². The molecule has 1 fully saturated rings. The second-order valence-corrected chi connectivity index (χ2v) is 12.4. The van der Waals surface area contributed by atoms with Crippen molar-refractivity contribution in [1.29, 1.82) is 5.26 Å². The summed E-state index contributed by atoms with van der Waals surface area (Å²) in [6.45, 7) is 5.45. The van der Waals surface area contributed by atoms with Crippen LogP contribution in [0, 0.1) is 17.2 Å². The van der Waals surface area contributed by atoms with Gasteiger partial charge in [0.05, 0.1) is 17.2 Å². The molecule has 0 saturated carbocycles. The highest BCUT2D eigenvalue weighted by Crippen LogP contribution is 2.30. The van der Waals surface area contributed by atoms with Crippen molar-refractivity contribution >= 4 is 27.7 Å². The molecule has 1 aromatic heterocycles. The summed E-state index contributed by atoms with van der Waals surface area (Å²) in [5, 5.41) is 17.5. The van der Waals surface area contributed by atoms with E-state index in [2.05, 4.69) is 12.2 Å². The van der Waals surface area contributed by atoms with Crippen molar-refractivity contribution in [2.24, 2.45) is 5.92 Å². The predicted octanol–water partition coefficient (Wildman–Crippen LogP) is 5.90. The van der Waals surface area contributed by atoms with Crippen LogP contribution in [-0.4, -0.2) is 48.1 Å². The molecule has 1 unspecified atom stereocenters. The first kappa shape index (κ1) is 29.8. The van der Waals surface area contributed by atoms with Gasteiger partial charge in [0, 0.05) is 36.1 Å². The van der Waals surface area contributed by atoms with Gasteiger partial charge in [-0.25, -0.2) is 13.1 Å². The van der Waals surface area contributed by atoms with Crippen LogP contribution in [0.4, 0.5) is 5.69 Å². The molecule has 1 saturated heterocycles. The maximum Gasteiger partial charge on any atom is 0.266 e. The summed E-state index contributed by atoms with van der Waals surface area (Å²) in [4.78, 5) is 13.3. The number of aromatic nitrogens is 2. The van der Waals surface area contributed by atoms with Crippen LogP contribution in [0.5, 0.6) is 5.75 Å². The van der Waals surface area contributed by atoms with E-state index in [0.29, 0.717) is 53.9 Å². The molecule has 43 heavy (non-hydrogen) atoms. The van der Waals surface area contributed by atoms with Crippen LogP contribution in [0.3, 0.4) is 0 Å². The van der Waals surface area contributed by atoms with Gasteiger partial charge in [-0.3, -0.25) is 4.79 Å². The number of nitriles is 1. The van der Waals surface area contributed by atoms with E-state index in [-0.39, 0.29) is 10.5 Å². The maximum absolute atomic E-state index is 13.6. The SMILES string of the molecule is CCOc1ccc(NC(=O)/C(C#N)=C\c2cn(-c3ccccc3)nc2-c2cccc(S(=O)(=O)N3CCCC(C)C3)c2)cc1.